The summed E-state index contributed by atoms with van der Waals surface area (Å²) in [6.45, 7) is -0.252. The van der Waals surface area contributed by atoms with Gasteiger partial charge in [0.1, 0.15) is 12.6 Å². The summed E-state index contributed by atoms with van der Waals surface area (Å²) < 4.78 is 0. The zero-order chi connectivity index (χ0) is 14.0. The van der Waals surface area contributed by atoms with Crippen molar-refractivity contribution in [2.75, 3.05) is 6.54 Å². The molecule has 1 aromatic carbocycles. The number of hydrogen-bond donors (Lipinski definition) is 3. The first-order valence-corrected chi connectivity index (χ1v) is 5.65. The minimum Gasteiger partial charge on any atom is -0.480 e. The zero-order valence-corrected chi connectivity index (χ0v) is 10.00. The van der Waals surface area contributed by atoms with Gasteiger partial charge in [0.2, 0.25) is 0 Å². The van der Waals surface area contributed by atoms with Crippen molar-refractivity contribution in [3.63, 3.8) is 0 Å². The number of urea groups is 1. The lowest BCUT2D eigenvalue weighted by Crippen LogP contribution is -2.35. The first-order valence-electron chi connectivity index (χ1n) is 5.65. The second-order valence-electron chi connectivity index (χ2n) is 4.15. The molecular formula is C12H13N3O4. The molecule has 1 saturated heterocycles. The summed E-state index contributed by atoms with van der Waals surface area (Å²) in [4.78, 5) is 34.8. The number of benzene rings is 1. The van der Waals surface area contributed by atoms with E-state index in [2.05, 4.69) is 5.32 Å². The van der Waals surface area contributed by atoms with Gasteiger partial charge in [-0.2, -0.15) is 0 Å². The van der Waals surface area contributed by atoms with Gasteiger partial charge in [0.25, 0.3) is 5.91 Å². The van der Waals surface area contributed by atoms with Crippen molar-refractivity contribution in [1.29, 1.82) is 0 Å². The van der Waals surface area contributed by atoms with E-state index in [0.717, 1.165) is 5.56 Å². The molecule has 0 saturated carbocycles. The monoisotopic (exact) mass is 263 g/mol. The number of carboxylic acid groups (broad SMARTS) is 1. The lowest BCUT2D eigenvalue weighted by molar-refractivity contribution is -0.141. The molecule has 1 unspecified atom stereocenters. The Bertz CT molecular complexity index is 526. The van der Waals surface area contributed by atoms with Crippen LogP contribution in [0.3, 0.4) is 0 Å². The number of nitrogens with one attached hydrogen (secondary N) is 1. The molecule has 2 rings (SSSR count). The van der Waals surface area contributed by atoms with Gasteiger partial charge in [-0.25, -0.2) is 4.79 Å². The van der Waals surface area contributed by atoms with Crippen LogP contribution in [0.25, 0.3) is 0 Å². The molecule has 0 aliphatic carbocycles. The minimum absolute atomic E-state index is 0.385. The van der Waals surface area contributed by atoms with Crippen LogP contribution >= 0.6 is 0 Å². The zero-order valence-electron chi connectivity index (χ0n) is 10.00. The van der Waals surface area contributed by atoms with Crippen LogP contribution in [-0.4, -0.2) is 34.5 Å². The van der Waals surface area contributed by atoms with E-state index in [1.54, 1.807) is 24.3 Å². The van der Waals surface area contributed by atoms with E-state index >= 15 is 0 Å². The second-order valence-corrected chi connectivity index (χ2v) is 4.15. The quantitative estimate of drug-likeness (QED) is 0.652. The van der Waals surface area contributed by atoms with Crippen LogP contribution < -0.4 is 11.1 Å². The fourth-order valence-corrected chi connectivity index (χ4v) is 1.88. The van der Waals surface area contributed by atoms with Crippen molar-refractivity contribution in [1.82, 2.24) is 10.2 Å². The highest BCUT2D eigenvalue weighted by atomic mass is 16.4. The lowest BCUT2D eigenvalue weighted by Gasteiger charge is -2.10. The highest BCUT2D eigenvalue weighted by molar-refractivity contribution is 6.06. The van der Waals surface area contributed by atoms with Crippen LogP contribution in [0.2, 0.25) is 0 Å². The maximum Gasteiger partial charge on any atom is 0.325 e. The molecule has 4 N–H and O–H groups in total. The first-order chi connectivity index (χ1) is 9.02. The summed E-state index contributed by atoms with van der Waals surface area (Å²) in [7, 11) is 0. The van der Waals surface area contributed by atoms with Gasteiger partial charge in [-0.05, 0) is 11.1 Å². The van der Waals surface area contributed by atoms with Gasteiger partial charge in [-0.15, -0.1) is 0 Å². The number of aliphatic carboxylic acids is 1. The van der Waals surface area contributed by atoms with Crippen LogP contribution in [0.4, 0.5) is 4.79 Å². The average Bonchev–Trinajstić information content (AvgIpc) is 2.66. The molecule has 1 aliphatic rings. The summed E-state index contributed by atoms with van der Waals surface area (Å²) in [6, 6.07) is 5.37. The Morgan fingerprint density at radius 3 is 2.47 bits per heavy atom. The van der Waals surface area contributed by atoms with Crippen molar-refractivity contribution in [2.45, 2.75) is 12.6 Å². The Labute approximate surface area is 109 Å². The standard InChI is InChI=1S/C12H13N3O4/c13-5-7-1-3-8(4-2-7)10-11(18)15(6-9(16)17)12(19)14-10/h1-4,10H,5-6,13H2,(H,14,19)(H,16,17). The molecule has 1 heterocycles. The number of carbonyl (C=O) groups is 3. The molecule has 0 radical (unpaired) electrons. The first kappa shape index (κ1) is 13.0. The fourth-order valence-electron chi connectivity index (χ4n) is 1.88. The largest absolute Gasteiger partial charge is 0.480 e. The smallest absolute Gasteiger partial charge is 0.325 e. The van der Waals surface area contributed by atoms with Gasteiger partial charge >= 0.3 is 12.0 Å². The van der Waals surface area contributed by atoms with E-state index in [-0.39, 0.29) is 0 Å². The van der Waals surface area contributed by atoms with Gasteiger partial charge in [-0.1, -0.05) is 24.3 Å². The minimum atomic E-state index is -1.23. The molecule has 3 amide bonds. The van der Waals surface area contributed by atoms with E-state index in [9.17, 15) is 14.4 Å². The third-order valence-electron chi connectivity index (χ3n) is 2.87. The highest BCUT2D eigenvalue weighted by Gasteiger charge is 2.39. The van der Waals surface area contributed by atoms with Gasteiger partial charge in [0.15, 0.2) is 0 Å². The summed E-state index contributed by atoms with van der Waals surface area (Å²) in [5, 5.41) is 11.1. The molecule has 7 heteroatoms. The van der Waals surface area contributed by atoms with Crippen molar-refractivity contribution in [3.8, 4) is 0 Å². The van der Waals surface area contributed by atoms with Gasteiger partial charge in [0, 0.05) is 6.54 Å². The molecule has 7 nitrogen and oxygen atoms in total. The number of hydrogen-bond acceptors (Lipinski definition) is 4. The molecule has 1 aromatic rings. The summed E-state index contributed by atoms with van der Waals surface area (Å²) >= 11 is 0. The van der Waals surface area contributed by atoms with Gasteiger partial charge < -0.3 is 16.2 Å². The van der Waals surface area contributed by atoms with Crippen LogP contribution in [-0.2, 0) is 16.1 Å². The van der Waals surface area contributed by atoms with E-state index < -0.39 is 30.5 Å². The summed E-state index contributed by atoms with van der Waals surface area (Å²) in [5.74, 6) is -1.80. The number of amides is 3. The van der Waals surface area contributed by atoms with E-state index in [0.29, 0.717) is 17.0 Å². The van der Waals surface area contributed by atoms with Crippen molar-refractivity contribution in [3.05, 3.63) is 35.4 Å². The second kappa shape index (κ2) is 5.07. The molecular weight excluding hydrogens is 250 g/mol. The maximum absolute atomic E-state index is 12.0. The van der Waals surface area contributed by atoms with Crippen molar-refractivity contribution in [2.24, 2.45) is 5.73 Å². The summed E-state index contributed by atoms with van der Waals surface area (Å²) in [5.41, 5.74) is 6.98. The van der Waals surface area contributed by atoms with Gasteiger partial charge in [-0.3, -0.25) is 14.5 Å². The van der Waals surface area contributed by atoms with Crippen LogP contribution in [0, 0.1) is 0 Å². The number of nitrogens with zero attached hydrogens (tertiary/aromatic N) is 1. The molecule has 0 spiro atoms. The Morgan fingerprint density at radius 1 is 1.32 bits per heavy atom. The summed E-state index contributed by atoms with van der Waals surface area (Å²) in [6.07, 6.45) is 0. The number of carbonyl (C=O) groups excluding carboxylic acids is 2. The number of imide groups is 1. The topological polar surface area (TPSA) is 113 Å². The Hall–Kier alpha value is -2.41. The van der Waals surface area contributed by atoms with E-state index in [4.69, 9.17) is 10.8 Å². The fraction of sp³-hybridized carbons (Fsp3) is 0.250. The Morgan fingerprint density at radius 2 is 1.95 bits per heavy atom. The molecule has 19 heavy (non-hydrogen) atoms. The number of carboxylic acids is 1. The molecule has 0 aromatic heterocycles. The molecule has 1 fully saturated rings. The van der Waals surface area contributed by atoms with E-state index in [1.807, 2.05) is 0 Å². The number of rotatable bonds is 4. The van der Waals surface area contributed by atoms with Crippen LogP contribution in [0.15, 0.2) is 24.3 Å². The van der Waals surface area contributed by atoms with Gasteiger partial charge in [0.05, 0.1) is 0 Å². The average molecular weight is 263 g/mol. The van der Waals surface area contributed by atoms with Crippen molar-refractivity contribution < 1.29 is 19.5 Å². The molecule has 1 atom stereocenters. The number of nitrogens with two attached hydrogens (primary N) is 1. The normalized spacial score (nSPS) is 18.6. The van der Waals surface area contributed by atoms with Crippen molar-refractivity contribution >= 4 is 17.9 Å². The SMILES string of the molecule is NCc1ccc(C2NC(=O)N(CC(=O)O)C2=O)cc1. The highest BCUT2D eigenvalue weighted by Crippen LogP contribution is 2.22. The molecule has 100 valence electrons. The van der Waals surface area contributed by atoms with Crippen LogP contribution in [0.5, 0.6) is 0 Å². The van der Waals surface area contributed by atoms with E-state index in [1.165, 1.54) is 0 Å². The predicted octanol–water partition coefficient (Wildman–Crippen LogP) is -0.177. The lowest BCUT2D eigenvalue weighted by atomic mass is 10.0. The third kappa shape index (κ3) is 2.55. The Kier molecular flexibility index (Phi) is 3.48. The third-order valence-corrected chi connectivity index (χ3v) is 2.87. The Balaban J connectivity index is 2.19. The molecule has 1 aliphatic heterocycles. The van der Waals surface area contributed by atoms with Crippen LogP contribution in [0.1, 0.15) is 17.2 Å². The molecule has 0 bridgehead atoms. The maximum atomic E-state index is 12.0. The predicted molar refractivity (Wildman–Crippen MR) is 65.0 cm³/mol.